The lowest BCUT2D eigenvalue weighted by Gasteiger charge is -2.39. The van der Waals surface area contributed by atoms with Gasteiger partial charge in [0.05, 0.1) is 5.56 Å². The summed E-state index contributed by atoms with van der Waals surface area (Å²) in [7, 11) is 0. The number of carbonyl (C=O) groups is 2. The Kier molecular flexibility index (Phi) is 3.47. The molecule has 2 aromatic rings. The fraction of sp³-hybridized carbons (Fsp3) is 0.391. The number of aromatic nitrogens is 1. The standard InChI is InChI=1S/C23H21N3O4/c1-14-2-3-15-11-23(12-16(15)10-14)20(28)25-21(30-23)26-8-5-22(6-9-26)18-4-7-24-13-17(18)19(27)29-22/h2-4,7,10,13H,5-6,8-9,11-12H2,1H3. The van der Waals surface area contributed by atoms with Crippen molar-refractivity contribution in [2.45, 2.75) is 43.8 Å². The van der Waals surface area contributed by atoms with Gasteiger partial charge in [0, 0.05) is 56.7 Å². The van der Waals surface area contributed by atoms with Gasteiger partial charge < -0.3 is 14.4 Å². The van der Waals surface area contributed by atoms with Gasteiger partial charge >= 0.3 is 5.97 Å². The predicted molar refractivity (Wildman–Crippen MR) is 107 cm³/mol. The highest BCUT2D eigenvalue weighted by molar-refractivity contribution is 6.02. The number of nitrogens with zero attached hydrogens (tertiary/aromatic N) is 3. The van der Waals surface area contributed by atoms with Gasteiger partial charge in [-0.25, -0.2) is 4.79 Å². The molecule has 1 aliphatic carbocycles. The van der Waals surface area contributed by atoms with Crippen molar-refractivity contribution < 1.29 is 19.1 Å². The van der Waals surface area contributed by atoms with E-state index in [-0.39, 0.29) is 11.9 Å². The van der Waals surface area contributed by atoms with E-state index in [9.17, 15) is 9.59 Å². The smallest absolute Gasteiger partial charge is 0.341 e. The molecule has 0 radical (unpaired) electrons. The van der Waals surface area contributed by atoms with Gasteiger partial charge in [0.1, 0.15) is 5.60 Å². The number of likely N-dealkylation sites (tertiary alicyclic amines) is 1. The second kappa shape index (κ2) is 5.90. The SMILES string of the molecule is Cc1ccc2c(c1)CC1(C2)OC(N2CCC3(CC2)OC(=O)c2cnccc23)=NC1=O. The van der Waals surface area contributed by atoms with E-state index >= 15 is 0 Å². The minimum Gasteiger partial charge on any atom is -0.450 e. The van der Waals surface area contributed by atoms with Crippen molar-refractivity contribution in [2.75, 3.05) is 13.1 Å². The van der Waals surface area contributed by atoms with Crippen molar-refractivity contribution in [2.24, 2.45) is 4.99 Å². The van der Waals surface area contributed by atoms with E-state index in [0.29, 0.717) is 50.4 Å². The van der Waals surface area contributed by atoms with Crippen LogP contribution in [0.15, 0.2) is 41.7 Å². The number of rotatable bonds is 0. The van der Waals surface area contributed by atoms with Crippen LogP contribution in [0, 0.1) is 6.92 Å². The summed E-state index contributed by atoms with van der Waals surface area (Å²) in [5.74, 6) is -0.510. The first kappa shape index (κ1) is 17.6. The van der Waals surface area contributed by atoms with Crippen LogP contribution >= 0.6 is 0 Å². The molecule has 1 aromatic carbocycles. The van der Waals surface area contributed by atoms with Gasteiger partial charge in [-0.3, -0.25) is 9.78 Å². The van der Waals surface area contributed by atoms with Gasteiger partial charge in [-0.2, -0.15) is 4.99 Å². The number of amidine groups is 1. The van der Waals surface area contributed by atoms with Crippen LogP contribution in [0.3, 0.4) is 0 Å². The van der Waals surface area contributed by atoms with E-state index in [2.05, 4.69) is 35.1 Å². The van der Waals surface area contributed by atoms with Gasteiger partial charge in [0.25, 0.3) is 11.9 Å². The number of fused-ring (bicyclic) bond motifs is 3. The second-order valence-corrected chi connectivity index (χ2v) is 8.71. The summed E-state index contributed by atoms with van der Waals surface area (Å²) >= 11 is 0. The first-order valence-corrected chi connectivity index (χ1v) is 10.3. The Hall–Kier alpha value is -3.22. The molecular formula is C23H21N3O4. The molecule has 1 saturated heterocycles. The lowest BCUT2D eigenvalue weighted by Crippen LogP contribution is -2.47. The molecule has 3 aliphatic heterocycles. The molecule has 7 heteroatoms. The van der Waals surface area contributed by atoms with E-state index in [1.54, 1.807) is 12.4 Å². The zero-order valence-electron chi connectivity index (χ0n) is 16.7. The van der Waals surface area contributed by atoms with Crippen LogP contribution in [0.1, 0.15) is 45.5 Å². The van der Waals surface area contributed by atoms with Crippen molar-refractivity contribution in [3.8, 4) is 0 Å². The Labute approximate surface area is 173 Å². The highest BCUT2D eigenvalue weighted by Crippen LogP contribution is 2.44. The van der Waals surface area contributed by atoms with Crippen LogP contribution in [0.5, 0.6) is 0 Å². The molecule has 0 bridgehead atoms. The monoisotopic (exact) mass is 403 g/mol. The van der Waals surface area contributed by atoms with Crippen molar-refractivity contribution in [1.29, 1.82) is 0 Å². The lowest BCUT2D eigenvalue weighted by atomic mass is 9.84. The molecule has 7 nitrogen and oxygen atoms in total. The largest absolute Gasteiger partial charge is 0.450 e. The topological polar surface area (TPSA) is 81.1 Å². The summed E-state index contributed by atoms with van der Waals surface area (Å²) in [6.45, 7) is 3.25. The fourth-order valence-electron chi connectivity index (χ4n) is 5.23. The normalized spacial score (nSPS) is 25.9. The molecular weight excluding hydrogens is 382 g/mol. The van der Waals surface area contributed by atoms with Crippen molar-refractivity contribution in [1.82, 2.24) is 9.88 Å². The van der Waals surface area contributed by atoms with Crippen LogP contribution < -0.4 is 0 Å². The summed E-state index contributed by atoms with van der Waals surface area (Å²) < 4.78 is 12.0. The maximum absolute atomic E-state index is 12.8. The Morgan fingerprint density at radius 2 is 1.80 bits per heavy atom. The van der Waals surface area contributed by atoms with Gasteiger partial charge in [0.15, 0.2) is 0 Å². The second-order valence-electron chi connectivity index (χ2n) is 8.71. The molecule has 30 heavy (non-hydrogen) atoms. The van der Waals surface area contributed by atoms with Crippen LogP contribution in [0.2, 0.25) is 0 Å². The molecule has 1 atom stereocenters. The number of benzene rings is 1. The number of carbonyl (C=O) groups excluding carboxylic acids is 2. The Morgan fingerprint density at radius 1 is 1.00 bits per heavy atom. The number of hydrogen-bond donors (Lipinski definition) is 0. The van der Waals surface area contributed by atoms with E-state index in [1.165, 1.54) is 11.1 Å². The third kappa shape index (κ3) is 2.38. The quantitative estimate of drug-likeness (QED) is 0.628. The average Bonchev–Trinajstić information content (AvgIpc) is 3.35. The number of ether oxygens (including phenoxy) is 2. The van der Waals surface area contributed by atoms with E-state index in [0.717, 1.165) is 11.1 Å². The summed E-state index contributed by atoms with van der Waals surface area (Å²) in [6, 6.07) is 8.55. The van der Waals surface area contributed by atoms with Gasteiger partial charge in [-0.1, -0.05) is 23.8 Å². The highest BCUT2D eigenvalue weighted by atomic mass is 16.6. The van der Waals surface area contributed by atoms with Crippen LogP contribution in [0.25, 0.3) is 0 Å². The number of aliphatic imine (C=N–C) groups is 1. The number of piperidine rings is 1. The van der Waals surface area contributed by atoms with Crippen molar-refractivity contribution in [3.63, 3.8) is 0 Å². The lowest BCUT2D eigenvalue weighted by molar-refractivity contribution is -0.130. The van der Waals surface area contributed by atoms with Gasteiger partial charge in [-0.15, -0.1) is 0 Å². The summed E-state index contributed by atoms with van der Waals surface area (Å²) in [6.07, 6.45) is 5.64. The molecule has 1 amide bonds. The molecule has 2 spiro atoms. The number of aryl methyl sites for hydroxylation is 1. The van der Waals surface area contributed by atoms with E-state index in [1.807, 2.05) is 11.0 Å². The Morgan fingerprint density at radius 3 is 2.63 bits per heavy atom. The maximum Gasteiger partial charge on any atom is 0.341 e. The molecule has 6 rings (SSSR count). The van der Waals surface area contributed by atoms with E-state index in [4.69, 9.17) is 9.47 Å². The molecule has 0 N–H and O–H groups in total. The molecule has 1 aromatic heterocycles. The van der Waals surface area contributed by atoms with Crippen LogP contribution in [0.4, 0.5) is 0 Å². The minimum absolute atomic E-state index is 0.199. The number of hydrogen-bond acceptors (Lipinski definition) is 6. The zero-order valence-corrected chi connectivity index (χ0v) is 16.7. The zero-order chi connectivity index (χ0) is 20.5. The summed E-state index contributed by atoms with van der Waals surface area (Å²) in [4.78, 5) is 35.4. The summed E-state index contributed by atoms with van der Waals surface area (Å²) in [5, 5.41) is 0. The minimum atomic E-state index is -0.904. The molecule has 152 valence electrons. The third-order valence-corrected chi connectivity index (χ3v) is 6.85. The highest BCUT2D eigenvalue weighted by Gasteiger charge is 2.53. The molecule has 4 aliphatic rings. The molecule has 1 fully saturated rings. The number of pyridine rings is 1. The molecule has 1 unspecified atom stereocenters. The Bertz CT molecular complexity index is 1130. The first-order valence-electron chi connectivity index (χ1n) is 10.3. The third-order valence-electron chi connectivity index (χ3n) is 6.85. The van der Waals surface area contributed by atoms with Crippen LogP contribution in [-0.2, 0) is 32.7 Å². The molecule has 0 saturated carbocycles. The van der Waals surface area contributed by atoms with E-state index < -0.39 is 11.2 Å². The van der Waals surface area contributed by atoms with Crippen LogP contribution in [-0.4, -0.2) is 46.5 Å². The number of amides is 1. The molecule has 4 heterocycles. The van der Waals surface area contributed by atoms with Crippen molar-refractivity contribution in [3.05, 3.63) is 64.5 Å². The first-order chi connectivity index (χ1) is 14.5. The summed E-state index contributed by atoms with van der Waals surface area (Å²) in [5.41, 5.74) is 3.44. The van der Waals surface area contributed by atoms with Gasteiger partial charge in [0.2, 0.25) is 5.60 Å². The average molecular weight is 403 g/mol. The maximum atomic E-state index is 12.8. The predicted octanol–water partition coefficient (Wildman–Crippen LogP) is 2.30. The fourth-order valence-corrected chi connectivity index (χ4v) is 5.23. The van der Waals surface area contributed by atoms with Crippen molar-refractivity contribution >= 4 is 17.9 Å². The van der Waals surface area contributed by atoms with Gasteiger partial charge in [-0.05, 0) is 24.1 Å². The number of esters is 1. The Balaban J connectivity index is 1.20.